The van der Waals surface area contributed by atoms with Gasteiger partial charge in [-0.15, -0.1) is 0 Å². The predicted octanol–water partition coefficient (Wildman–Crippen LogP) is 4.84. The number of benzene rings is 1. The average molecular weight is 463 g/mol. The SMILES string of the molecule is C=c1/c(=C\N=C(C)Nc2ccc(N(CCC)CC(C)C)cc2)ccc(=O)n1CCC1CC(C)C1. The molecule has 1 saturated carbocycles. The Labute approximate surface area is 204 Å². The number of nitrogens with zero attached hydrogens (tertiary/aromatic N) is 3. The van der Waals surface area contributed by atoms with E-state index in [1.807, 2.05) is 13.0 Å². The van der Waals surface area contributed by atoms with Crippen LogP contribution >= 0.6 is 0 Å². The van der Waals surface area contributed by atoms with E-state index < -0.39 is 0 Å². The van der Waals surface area contributed by atoms with Gasteiger partial charge >= 0.3 is 0 Å². The highest BCUT2D eigenvalue weighted by Gasteiger charge is 2.24. The molecule has 5 heteroatoms. The minimum atomic E-state index is 0.0167. The molecule has 0 unspecified atom stereocenters. The summed E-state index contributed by atoms with van der Waals surface area (Å²) >= 11 is 0. The summed E-state index contributed by atoms with van der Waals surface area (Å²) in [6.45, 7) is 18.0. The van der Waals surface area contributed by atoms with Crippen LogP contribution in [0.5, 0.6) is 0 Å². The molecule has 0 radical (unpaired) electrons. The fraction of sp³-hybridized carbons (Fsp3) is 0.517. The number of nitrogens with one attached hydrogen (secondary N) is 1. The summed E-state index contributed by atoms with van der Waals surface area (Å²) in [4.78, 5) is 19.4. The lowest BCUT2D eigenvalue weighted by Gasteiger charge is -2.32. The molecule has 1 aliphatic rings. The second-order valence-corrected chi connectivity index (χ2v) is 10.3. The fourth-order valence-electron chi connectivity index (χ4n) is 4.81. The molecule has 1 aromatic carbocycles. The Bertz CT molecular complexity index is 1120. The Morgan fingerprint density at radius 3 is 2.56 bits per heavy atom. The van der Waals surface area contributed by atoms with Crippen molar-refractivity contribution in [2.45, 2.75) is 66.8 Å². The molecule has 0 amide bonds. The van der Waals surface area contributed by atoms with Crippen LogP contribution in [0.4, 0.5) is 11.4 Å². The van der Waals surface area contributed by atoms with Crippen molar-refractivity contribution < 1.29 is 0 Å². The third kappa shape index (κ3) is 7.09. The van der Waals surface area contributed by atoms with E-state index in [9.17, 15) is 4.79 Å². The van der Waals surface area contributed by atoms with Gasteiger partial charge in [0.05, 0.1) is 0 Å². The molecule has 0 saturated heterocycles. The van der Waals surface area contributed by atoms with E-state index in [-0.39, 0.29) is 5.56 Å². The van der Waals surface area contributed by atoms with Gasteiger partial charge in [0.1, 0.15) is 5.84 Å². The Hall–Kier alpha value is -2.82. The van der Waals surface area contributed by atoms with Crippen molar-refractivity contribution in [3.05, 3.63) is 57.3 Å². The number of pyridine rings is 1. The minimum absolute atomic E-state index is 0.0167. The normalized spacial score (nSPS) is 18.8. The first-order valence-electron chi connectivity index (χ1n) is 12.8. The maximum Gasteiger partial charge on any atom is 0.250 e. The summed E-state index contributed by atoms with van der Waals surface area (Å²) in [5.41, 5.74) is 2.28. The van der Waals surface area contributed by atoms with E-state index in [2.05, 4.69) is 73.7 Å². The van der Waals surface area contributed by atoms with Gasteiger partial charge in [-0.25, -0.2) is 4.99 Å². The highest BCUT2D eigenvalue weighted by Crippen LogP contribution is 2.35. The molecular formula is C29H42N4O. The highest BCUT2D eigenvalue weighted by molar-refractivity contribution is 5.95. The van der Waals surface area contributed by atoms with Gasteiger partial charge in [-0.1, -0.05) is 34.3 Å². The zero-order chi connectivity index (χ0) is 24.7. The standard InChI is InChI=1S/C29H42N4O/c1-7-15-32(20-21(2)3)28-11-9-27(10-12-28)31-24(6)30-19-26-8-13-29(34)33(23(26)5)16-14-25-17-22(4)18-25/h8-13,19,21-22,25H,5,7,14-18,20H2,1-4,6H3,(H,30,31)/b26-19-. The first-order chi connectivity index (χ1) is 16.3. The fourth-order valence-corrected chi connectivity index (χ4v) is 4.81. The summed E-state index contributed by atoms with van der Waals surface area (Å²) in [7, 11) is 0. The van der Waals surface area contributed by atoms with Crippen LogP contribution in [0.2, 0.25) is 0 Å². The number of hydrogen-bond donors (Lipinski definition) is 1. The van der Waals surface area contributed by atoms with Gasteiger partial charge < -0.3 is 14.8 Å². The number of amidine groups is 1. The molecule has 1 heterocycles. The quantitative estimate of drug-likeness (QED) is 0.406. The predicted molar refractivity (Wildman–Crippen MR) is 147 cm³/mol. The van der Waals surface area contributed by atoms with Gasteiger partial charge in [0.15, 0.2) is 0 Å². The third-order valence-electron chi connectivity index (χ3n) is 6.60. The van der Waals surface area contributed by atoms with Crippen molar-refractivity contribution in [3.63, 3.8) is 0 Å². The van der Waals surface area contributed by atoms with Crippen molar-refractivity contribution in [2.75, 3.05) is 23.3 Å². The molecule has 1 N–H and O–H groups in total. The molecule has 1 aliphatic carbocycles. The molecular weight excluding hydrogens is 420 g/mol. The van der Waals surface area contributed by atoms with Crippen LogP contribution in [0.15, 0.2) is 46.2 Å². The second-order valence-electron chi connectivity index (χ2n) is 10.3. The van der Waals surface area contributed by atoms with E-state index in [0.717, 1.165) is 66.4 Å². The topological polar surface area (TPSA) is 49.6 Å². The van der Waals surface area contributed by atoms with E-state index in [0.29, 0.717) is 5.92 Å². The van der Waals surface area contributed by atoms with Crippen LogP contribution in [-0.2, 0) is 6.54 Å². The van der Waals surface area contributed by atoms with Gasteiger partial charge in [0.25, 0.3) is 5.56 Å². The molecule has 1 fully saturated rings. The van der Waals surface area contributed by atoms with Gasteiger partial charge in [-0.2, -0.15) is 0 Å². The average Bonchev–Trinajstić information content (AvgIpc) is 2.77. The van der Waals surface area contributed by atoms with Crippen LogP contribution in [0.3, 0.4) is 0 Å². The van der Waals surface area contributed by atoms with Gasteiger partial charge in [-0.05, 0) is 80.7 Å². The Kier molecular flexibility index (Phi) is 9.14. The Balaban J connectivity index is 1.68. The van der Waals surface area contributed by atoms with E-state index in [1.54, 1.807) is 16.8 Å². The first kappa shape index (κ1) is 25.8. The maximum atomic E-state index is 12.4. The van der Waals surface area contributed by atoms with Crippen molar-refractivity contribution in [3.8, 4) is 0 Å². The van der Waals surface area contributed by atoms with Crippen LogP contribution in [0.25, 0.3) is 12.8 Å². The number of hydrogen-bond acceptors (Lipinski definition) is 3. The molecule has 0 atom stereocenters. The van der Waals surface area contributed by atoms with Crippen molar-refractivity contribution in [1.29, 1.82) is 0 Å². The first-order valence-corrected chi connectivity index (χ1v) is 12.8. The summed E-state index contributed by atoms with van der Waals surface area (Å²) in [6, 6.07) is 12.0. The molecule has 3 rings (SSSR count). The lowest BCUT2D eigenvalue weighted by atomic mass is 9.74. The summed E-state index contributed by atoms with van der Waals surface area (Å²) in [5.74, 6) is 2.99. The molecule has 2 aromatic rings. The molecule has 1 aromatic heterocycles. The number of rotatable bonds is 10. The molecule has 184 valence electrons. The third-order valence-corrected chi connectivity index (χ3v) is 6.60. The summed E-state index contributed by atoms with van der Waals surface area (Å²) in [5, 5.41) is 4.98. The van der Waals surface area contributed by atoms with Gasteiger partial charge in [-0.3, -0.25) is 4.79 Å². The molecule has 5 nitrogen and oxygen atoms in total. The maximum absolute atomic E-state index is 12.4. The zero-order valence-corrected chi connectivity index (χ0v) is 21.7. The zero-order valence-electron chi connectivity index (χ0n) is 21.7. The summed E-state index contributed by atoms with van der Waals surface area (Å²) < 4.78 is 1.80. The Morgan fingerprint density at radius 2 is 1.94 bits per heavy atom. The van der Waals surface area contributed by atoms with Crippen LogP contribution in [0, 0.1) is 17.8 Å². The van der Waals surface area contributed by atoms with Crippen LogP contribution < -0.4 is 26.3 Å². The van der Waals surface area contributed by atoms with Crippen molar-refractivity contribution in [2.24, 2.45) is 22.7 Å². The minimum Gasteiger partial charge on any atom is -0.371 e. The lowest BCUT2D eigenvalue weighted by molar-refractivity contribution is 0.191. The van der Waals surface area contributed by atoms with E-state index in [1.165, 1.54) is 18.5 Å². The van der Waals surface area contributed by atoms with Crippen molar-refractivity contribution >= 4 is 30.0 Å². The molecule has 34 heavy (non-hydrogen) atoms. The van der Waals surface area contributed by atoms with Crippen LogP contribution in [-0.4, -0.2) is 23.5 Å². The monoisotopic (exact) mass is 462 g/mol. The highest BCUT2D eigenvalue weighted by atomic mass is 16.1. The largest absolute Gasteiger partial charge is 0.371 e. The number of anilines is 2. The van der Waals surface area contributed by atoms with E-state index >= 15 is 0 Å². The Morgan fingerprint density at radius 1 is 1.24 bits per heavy atom. The number of aromatic nitrogens is 1. The molecule has 0 spiro atoms. The number of aliphatic imine (C=N–C) groups is 1. The molecule has 0 bridgehead atoms. The van der Waals surface area contributed by atoms with Crippen molar-refractivity contribution in [1.82, 2.24) is 4.57 Å². The summed E-state index contributed by atoms with van der Waals surface area (Å²) in [6.07, 6.45) is 6.53. The molecule has 0 aliphatic heterocycles. The van der Waals surface area contributed by atoms with Gasteiger partial charge in [0, 0.05) is 53.8 Å². The lowest BCUT2D eigenvalue weighted by Crippen LogP contribution is -2.42. The van der Waals surface area contributed by atoms with E-state index in [4.69, 9.17) is 0 Å². The smallest absolute Gasteiger partial charge is 0.250 e. The van der Waals surface area contributed by atoms with Gasteiger partial charge in [0.2, 0.25) is 0 Å². The van der Waals surface area contributed by atoms with Crippen LogP contribution in [0.1, 0.15) is 60.3 Å². The second kappa shape index (κ2) is 12.0.